The van der Waals surface area contributed by atoms with Gasteiger partial charge in [0, 0.05) is 28.9 Å². The number of carbonyl (C=O) groups excluding carboxylic acids is 1. The normalized spacial score (nSPS) is 27.1. The number of piperidine rings is 1. The number of carbonyl (C=O) groups is 1. The molecule has 0 aromatic heterocycles. The van der Waals surface area contributed by atoms with Crippen molar-refractivity contribution in [1.29, 1.82) is 0 Å². The Balaban J connectivity index is 1.60. The lowest BCUT2D eigenvalue weighted by Gasteiger charge is -2.28. The fraction of sp³-hybridized carbons (Fsp3) is 0.588. The SMILES string of the molecule is C[C@H]1C[C@@H](C(=O)NCC2(c3ccccc3Cl)CC2)CCN1. The summed E-state index contributed by atoms with van der Waals surface area (Å²) in [6.07, 6.45) is 4.10. The maximum Gasteiger partial charge on any atom is 0.223 e. The number of hydrogen-bond acceptors (Lipinski definition) is 2. The Morgan fingerprint density at radius 3 is 2.86 bits per heavy atom. The minimum absolute atomic E-state index is 0.0759. The van der Waals surface area contributed by atoms with Crippen molar-refractivity contribution in [1.82, 2.24) is 10.6 Å². The smallest absolute Gasteiger partial charge is 0.223 e. The van der Waals surface area contributed by atoms with Crippen molar-refractivity contribution in [2.45, 2.75) is 44.1 Å². The Labute approximate surface area is 131 Å². The van der Waals surface area contributed by atoms with Crippen LogP contribution >= 0.6 is 11.6 Å². The quantitative estimate of drug-likeness (QED) is 0.898. The second-order valence-electron chi connectivity index (χ2n) is 6.55. The highest BCUT2D eigenvalue weighted by molar-refractivity contribution is 6.31. The molecule has 1 aliphatic heterocycles. The molecular weight excluding hydrogens is 284 g/mol. The van der Waals surface area contributed by atoms with Crippen LogP contribution in [0.1, 0.15) is 38.2 Å². The van der Waals surface area contributed by atoms with E-state index in [2.05, 4.69) is 23.6 Å². The third-order valence-corrected chi connectivity index (χ3v) is 5.22. The molecule has 114 valence electrons. The van der Waals surface area contributed by atoms with E-state index < -0.39 is 0 Å². The molecule has 1 saturated carbocycles. The number of hydrogen-bond donors (Lipinski definition) is 2. The van der Waals surface area contributed by atoms with Gasteiger partial charge in [0.15, 0.2) is 0 Å². The molecule has 4 heteroatoms. The molecule has 3 nitrogen and oxygen atoms in total. The Morgan fingerprint density at radius 2 is 2.19 bits per heavy atom. The van der Waals surface area contributed by atoms with Gasteiger partial charge >= 0.3 is 0 Å². The van der Waals surface area contributed by atoms with E-state index in [9.17, 15) is 4.79 Å². The minimum Gasteiger partial charge on any atom is -0.355 e. The molecule has 1 heterocycles. The van der Waals surface area contributed by atoms with Gasteiger partial charge in [0.05, 0.1) is 0 Å². The van der Waals surface area contributed by atoms with E-state index in [0.29, 0.717) is 12.6 Å². The number of benzene rings is 1. The zero-order valence-corrected chi connectivity index (χ0v) is 13.2. The lowest BCUT2D eigenvalue weighted by atomic mass is 9.91. The van der Waals surface area contributed by atoms with Crippen molar-refractivity contribution >= 4 is 17.5 Å². The molecule has 2 aliphatic rings. The fourth-order valence-corrected chi connectivity index (χ4v) is 3.69. The van der Waals surface area contributed by atoms with Crippen molar-refractivity contribution < 1.29 is 4.79 Å². The Morgan fingerprint density at radius 1 is 1.43 bits per heavy atom. The van der Waals surface area contributed by atoms with Crippen LogP contribution in [0, 0.1) is 5.92 Å². The molecule has 0 unspecified atom stereocenters. The van der Waals surface area contributed by atoms with Gasteiger partial charge in [-0.3, -0.25) is 4.79 Å². The zero-order chi connectivity index (χ0) is 14.9. The van der Waals surface area contributed by atoms with Crippen LogP contribution in [-0.2, 0) is 10.2 Å². The van der Waals surface area contributed by atoms with Crippen LogP contribution < -0.4 is 10.6 Å². The Bertz CT molecular complexity index is 527. The summed E-state index contributed by atoms with van der Waals surface area (Å²) >= 11 is 6.31. The van der Waals surface area contributed by atoms with Gasteiger partial charge in [-0.25, -0.2) is 0 Å². The first-order valence-corrected chi connectivity index (χ1v) is 8.25. The zero-order valence-electron chi connectivity index (χ0n) is 12.5. The lowest BCUT2D eigenvalue weighted by molar-refractivity contribution is -0.126. The highest BCUT2D eigenvalue weighted by atomic mass is 35.5. The topological polar surface area (TPSA) is 41.1 Å². The van der Waals surface area contributed by atoms with Crippen LogP contribution in [0.3, 0.4) is 0 Å². The van der Waals surface area contributed by atoms with Gasteiger partial charge < -0.3 is 10.6 Å². The second kappa shape index (κ2) is 5.98. The van der Waals surface area contributed by atoms with E-state index in [1.165, 1.54) is 5.56 Å². The van der Waals surface area contributed by atoms with Crippen molar-refractivity contribution in [3.05, 3.63) is 34.9 Å². The van der Waals surface area contributed by atoms with Gasteiger partial charge in [-0.1, -0.05) is 29.8 Å². The van der Waals surface area contributed by atoms with Crippen LogP contribution in [0.25, 0.3) is 0 Å². The number of amides is 1. The molecule has 2 N–H and O–H groups in total. The van der Waals surface area contributed by atoms with E-state index in [1.807, 2.05) is 18.2 Å². The van der Waals surface area contributed by atoms with E-state index in [-0.39, 0.29) is 17.2 Å². The fourth-order valence-electron chi connectivity index (χ4n) is 3.35. The van der Waals surface area contributed by atoms with Crippen molar-refractivity contribution in [3.8, 4) is 0 Å². The van der Waals surface area contributed by atoms with Crippen LogP contribution in [0.5, 0.6) is 0 Å². The van der Waals surface area contributed by atoms with Crippen molar-refractivity contribution in [2.75, 3.05) is 13.1 Å². The first kappa shape index (κ1) is 14.9. The van der Waals surface area contributed by atoms with Gasteiger partial charge in [0.1, 0.15) is 0 Å². The molecule has 1 saturated heterocycles. The van der Waals surface area contributed by atoms with E-state index >= 15 is 0 Å². The third-order valence-electron chi connectivity index (χ3n) is 4.89. The number of nitrogens with one attached hydrogen (secondary N) is 2. The molecule has 1 amide bonds. The van der Waals surface area contributed by atoms with Gasteiger partial charge in [-0.15, -0.1) is 0 Å². The lowest BCUT2D eigenvalue weighted by Crippen LogP contribution is -2.44. The second-order valence-corrected chi connectivity index (χ2v) is 6.96. The summed E-state index contributed by atoms with van der Waals surface area (Å²) in [6, 6.07) is 8.45. The largest absolute Gasteiger partial charge is 0.355 e. The predicted molar refractivity (Wildman–Crippen MR) is 85.6 cm³/mol. The molecule has 21 heavy (non-hydrogen) atoms. The van der Waals surface area contributed by atoms with Gasteiger partial charge in [0.25, 0.3) is 0 Å². The standard InChI is InChI=1S/C17H23ClN2O/c1-12-10-13(6-9-19-12)16(21)20-11-17(7-8-17)14-4-2-3-5-15(14)18/h2-5,12-13,19H,6-11H2,1H3,(H,20,21)/t12-,13-/m0/s1. The molecule has 3 rings (SSSR count). The molecule has 0 spiro atoms. The Hall–Kier alpha value is -1.06. The first-order chi connectivity index (χ1) is 10.1. The molecule has 1 aromatic carbocycles. The summed E-state index contributed by atoms with van der Waals surface area (Å²) in [5, 5.41) is 7.38. The minimum atomic E-state index is 0.0759. The predicted octanol–water partition coefficient (Wildman–Crippen LogP) is 2.88. The summed E-state index contributed by atoms with van der Waals surface area (Å²) in [7, 11) is 0. The third kappa shape index (κ3) is 3.24. The first-order valence-electron chi connectivity index (χ1n) is 7.87. The summed E-state index contributed by atoms with van der Waals surface area (Å²) in [5.41, 5.74) is 1.26. The van der Waals surface area contributed by atoms with Crippen molar-refractivity contribution in [3.63, 3.8) is 0 Å². The highest BCUT2D eigenvalue weighted by Gasteiger charge is 2.45. The number of halogens is 1. The molecule has 1 aliphatic carbocycles. The summed E-state index contributed by atoms with van der Waals surface area (Å²) in [5.74, 6) is 0.366. The maximum absolute atomic E-state index is 12.4. The molecule has 1 aromatic rings. The monoisotopic (exact) mass is 306 g/mol. The molecule has 2 atom stereocenters. The van der Waals surface area contributed by atoms with E-state index in [1.54, 1.807) is 0 Å². The summed E-state index contributed by atoms with van der Waals surface area (Å²) < 4.78 is 0. The molecular formula is C17H23ClN2O. The summed E-state index contributed by atoms with van der Waals surface area (Å²) in [4.78, 5) is 12.4. The molecule has 2 fully saturated rings. The van der Waals surface area contributed by atoms with Crippen molar-refractivity contribution in [2.24, 2.45) is 5.92 Å². The van der Waals surface area contributed by atoms with E-state index in [0.717, 1.165) is 37.3 Å². The van der Waals surface area contributed by atoms with E-state index in [4.69, 9.17) is 11.6 Å². The van der Waals surface area contributed by atoms with Crippen LogP contribution in [0.15, 0.2) is 24.3 Å². The van der Waals surface area contributed by atoms with Gasteiger partial charge in [0.2, 0.25) is 5.91 Å². The molecule has 0 bridgehead atoms. The number of rotatable bonds is 4. The average molecular weight is 307 g/mol. The maximum atomic E-state index is 12.4. The van der Waals surface area contributed by atoms with Crippen LogP contribution in [0.2, 0.25) is 5.02 Å². The summed E-state index contributed by atoms with van der Waals surface area (Å²) in [6.45, 7) is 3.80. The van der Waals surface area contributed by atoms with Gasteiger partial charge in [-0.05, 0) is 50.8 Å². The average Bonchev–Trinajstić information content (AvgIpc) is 3.26. The van der Waals surface area contributed by atoms with Gasteiger partial charge in [-0.2, -0.15) is 0 Å². The Kier molecular flexibility index (Phi) is 4.23. The highest BCUT2D eigenvalue weighted by Crippen LogP contribution is 2.49. The van der Waals surface area contributed by atoms with Crippen LogP contribution in [0.4, 0.5) is 0 Å². The molecule has 0 radical (unpaired) electrons. The van der Waals surface area contributed by atoms with Crippen LogP contribution in [-0.4, -0.2) is 25.0 Å².